The van der Waals surface area contributed by atoms with Crippen molar-refractivity contribution in [1.82, 2.24) is 10.2 Å². The van der Waals surface area contributed by atoms with Gasteiger partial charge < -0.3 is 20.1 Å². The Morgan fingerprint density at radius 2 is 1.85 bits per heavy atom. The Bertz CT molecular complexity index is 1040. The van der Waals surface area contributed by atoms with Crippen LogP contribution in [0.3, 0.4) is 0 Å². The normalized spacial score (nSPS) is 21.3. The number of para-hydroxylation sites is 1. The number of aliphatic hydroxyl groups is 1. The van der Waals surface area contributed by atoms with Gasteiger partial charge in [0.25, 0.3) is 0 Å². The average Bonchev–Trinajstić information content (AvgIpc) is 3.28. The zero-order valence-corrected chi connectivity index (χ0v) is 20.0. The first-order chi connectivity index (χ1) is 16.7. The highest BCUT2D eigenvalue weighted by molar-refractivity contribution is 6.00. The predicted molar refractivity (Wildman–Crippen MR) is 135 cm³/mol. The van der Waals surface area contributed by atoms with E-state index in [9.17, 15) is 9.90 Å². The van der Waals surface area contributed by atoms with Crippen molar-refractivity contribution in [2.45, 2.75) is 57.0 Å². The summed E-state index contributed by atoms with van der Waals surface area (Å²) in [6.45, 7) is 3.59. The van der Waals surface area contributed by atoms with E-state index in [4.69, 9.17) is 4.74 Å². The molecule has 3 aliphatic rings. The van der Waals surface area contributed by atoms with Gasteiger partial charge in [-0.2, -0.15) is 0 Å². The largest absolute Gasteiger partial charge is 0.490 e. The zero-order chi connectivity index (χ0) is 23.3. The average molecular weight is 461 g/mol. The molecular formula is C29H36N2O3. The number of hydrogen-bond donors (Lipinski definition) is 2. The maximum absolute atomic E-state index is 11.9. The summed E-state index contributed by atoms with van der Waals surface area (Å²) in [7, 11) is 0. The first kappa shape index (κ1) is 23.1. The van der Waals surface area contributed by atoms with Crippen LogP contribution >= 0.6 is 0 Å². The van der Waals surface area contributed by atoms with E-state index in [0.717, 1.165) is 43.5 Å². The van der Waals surface area contributed by atoms with Gasteiger partial charge in [0.15, 0.2) is 0 Å². The fourth-order valence-corrected chi connectivity index (χ4v) is 5.59. The van der Waals surface area contributed by atoms with Gasteiger partial charge >= 0.3 is 0 Å². The van der Waals surface area contributed by atoms with E-state index in [2.05, 4.69) is 28.4 Å². The number of aliphatic hydroxyl groups excluding tert-OH is 1. The summed E-state index contributed by atoms with van der Waals surface area (Å²) in [5.74, 6) is 1.33. The minimum atomic E-state index is -0.546. The summed E-state index contributed by atoms with van der Waals surface area (Å²) < 4.78 is 5.98. The molecular weight excluding hydrogens is 424 g/mol. The molecule has 0 bridgehead atoms. The van der Waals surface area contributed by atoms with Crippen LogP contribution in [0.15, 0.2) is 48.0 Å². The van der Waals surface area contributed by atoms with Crippen molar-refractivity contribution in [2.24, 2.45) is 0 Å². The summed E-state index contributed by atoms with van der Waals surface area (Å²) in [4.78, 5) is 14.2. The van der Waals surface area contributed by atoms with Gasteiger partial charge in [-0.1, -0.05) is 36.4 Å². The number of carbonyl (C=O) groups excluding carboxylic acids is 1. The number of carbonyl (C=O) groups is 1. The van der Waals surface area contributed by atoms with Gasteiger partial charge in [-0.25, -0.2) is 0 Å². The van der Waals surface area contributed by atoms with Crippen molar-refractivity contribution in [2.75, 3.05) is 32.8 Å². The molecule has 2 aliphatic heterocycles. The van der Waals surface area contributed by atoms with Gasteiger partial charge in [-0.05, 0) is 92.8 Å². The number of nitrogens with one attached hydrogen (secondary N) is 1. The van der Waals surface area contributed by atoms with E-state index in [1.807, 2.05) is 30.3 Å². The number of β-amino-alcohol motifs (C(OH)–C–C–N with tert-alkyl or cyclic N) is 1. The second-order valence-electron chi connectivity index (χ2n) is 9.99. The highest BCUT2D eigenvalue weighted by Crippen LogP contribution is 2.31. The third kappa shape index (κ3) is 5.53. The van der Waals surface area contributed by atoms with Gasteiger partial charge in [0.2, 0.25) is 5.91 Å². The first-order valence-corrected chi connectivity index (χ1v) is 12.9. The maximum atomic E-state index is 11.9. The molecule has 1 amide bonds. The van der Waals surface area contributed by atoms with Crippen LogP contribution in [0.2, 0.25) is 0 Å². The molecule has 5 rings (SSSR count). The second kappa shape index (κ2) is 10.7. The summed E-state index contributed by atoms with van der Waals surface area (Å²) >= 11 is 0. The van der Waals surface area contributed by atoms with Crippen LogP contribution in [0, 0.1) is 0 Å². The number of aryl methyl sites for hydroxylation is 2. The van der Waals surface area contributed by atoms with E-state index in [1.165, 1.54) is 31.2 Å². The topological polar surface area (TPSA) is 61.8 Å². The van der Waals surface area contributed by atoms with Crippen LogP contribution < -0.4 is 10.1 Å². The summed E-state index contributed by atoms with van der Waals surface area (Å²) in [6.07, 6.45) is 9.51. The molecule has 0 aromatic heterocycles. The number of ether oxygens (including phenoxy) is 1. The van der Waals surface area contributed by atoms with Gasteiger partial charge in [-0.15, -0.1) is 0 Å². The molecule has 2 N–H and O–H groups in total. The van der Waals surface area contributed by atoms with Gasteiger partial charge in [0, 0.05) is 24.2 Å². The minimum Gasteiger partial charge on any atom is -0.490 e. The Morgan fingerprint density at radius 3 is 2.65 bits per heavy atom. The molecule has 0 saturated carbocycles. The van der Waals surface area contributed by atoms with Crippen LogP contribution in [-0.4, -0.2) is 54.8 Å². The highest BCUT2D eigenvalue weighted by atomic mass is 16.5. The number of likely N-dealkylation sites (tertiary alicyclic amines) is 1. The Kier molecular flexibility index (Phi) is 7.31. The summed E-state index contributed by atoms with van der Waals surface area (Å²) in [6, 6.07) is 14.9. The Hall–Kier alpha value is -2.63. The SMILES string of the molecule is O=C1NCCC1=Cc1ccccc1OC[C@@H](O)CN1CCC(c2ccc3c(c2)CCCC3)CC1. The number of piperidine rings is 1. The van der Waals surface area contributed by atoms with Crippen molar-refractivity contribution in [1.29, 1.82) is 0 Å². The minimum absolute atomic E-state index is 0.00590. The third-order valence-electron chi connectivity index (χ3n) is 7.55. The van der Waals surface area contributed by atoms with Crippen molar-refractivity contribution in [3.8, 4) is 5.75 Å². The number of amides is 1. The third-order valence-corrected chi connectivity index (χ3v) is 7.55. The number of hydrogen-bond acceptors (Lipinski definition) is 4. The number of rotatable bonds is 7. The van der Waals surface area contributed by atoms with E-state index in [1.54, 1.807) is 11.1 Å². The molecule has 0 unspecified atom stereocenters. The fraction of sp³-hybridized carbons (Fsp3) is 0.483. The van der Waals surface area contributed by atoms with Crippen molar-refractivity contribution in [3.05, 3.63) is 70.3 Å². The predicted octanol–water partition coefficient (Wildman–Crippen LogP) is 4.09. The molecule has 1 aliphatic carbocycles. The molecule has 2 aromatic rings. The highest BCUT2D eigenvalue weighted by Gasteiger charge is 2.23. The molecule has 2 saturated heterocycles. The van der Waals surface area contributed by atoms with Crippen molar-refractivity contribution >= 4 is 12.0 Å². The fourth-order valence-electron chi connectivity index (χ4n) is 5.59. The number of benzene rings is 2. The molecule has 5 heteroatoms. The quantitative estimate of drug-likeness (QED) is 0.611. The molecule has 0 spiro atoms. The smallest absolute Gasteiger partial charge is 0.247 e. The molecule has 2 heterocycles. The van der Waals surface area contributed by atoms with Crippen LogP contribution in [0.5, 0.6) is 5.75 Å². The lowest BCUT2D eigenvalue weighted by Crippen LogP contribution is -2.40. The molecule has 5 nitrogen and oxygen atoms in total. The van der Waals surface area contributed by atoms with Gasteiger partial charge in [0.1, 0.15) is 18.5 Å². The maximum Gasteiger partial charge on any atom is 0.247 e. The Morgan fingerprint density at radius 1 is 1.06 bits per heavy atom. The van der Waals surface area contributed by atoms with Gasteiger partial charge in [-0.3, -0.25) is 4.79 Å². The molecule has 1 atom stereocenters. The Labute approximate surface area is 202 Å². The van der Waals surface area contributed by atoms with Crippen LogP contribution in [-0.2, 0) is 17.6 Å². The lowest BCUT2D eigenvalue weighted by atomic mass is 9.84. The van der Waals surface area contributed by atoms with E-state index in [-0.39, 0.29) is 12.5 Å². The van der Waals surface area contributed by atoms with Crippen LogP contribution in [0.4, 0.5) is 0 Å². The molecule has 2 aromatic carbocycles. The van der Waals surface area contributed by atoms with Crippen molar-refractivity contribution < 1.29 is 14.6 Å². The molecule has 0 radical (unpaired) electrons. The molecule has 2 fully saturated rings. The monoisotopic (exact) mass is 460 g/mol. The summed E-state index contributed by atoms with van der Waals surface area (Å²) in [5.41, 5.74) is 6.29. The first-order valence-electron chi connectivity index (χ1n) is 12.9. The standard InChI is InChI=1S/C29H36N2O3/c32-27(20-34-28-8-4-3-7-25(28)18-26-11-14-30-29(26)33)19-31-15-12-22(13-16-31)24-10-9-21-5-1-2-6-23(21)17-24/h3-4,7-10,17-18,22,27,32H,1-2,5-6,11-16,19-20H2,(H,30,33)/t27-/m0/s1. The number of nitrogens with zero attached hydrogens (tertiary/aromatic N) is 1. The lowest BCUT2D eigenvalue weighted by Gasteiger charge is -2.33. The van der Waals surface area contributed by atoms with E-state index < -0.39 is 6.10 Å². The van der Waals surface area contributed by atoms with E-state index >= 15 is 0 Å². The Balaban J connectivity index is 1.11. The van der Waals surface area contributed by atoms with Crippen LogP contribution in [0.25, 0.3) is 6.08 Å². The van der Waals surface area contributed by atoms with E-state index in [0.29, 0.717) is 24.8 Å². The van der Waals surface area contributed by atoms with Crippen molar-refractivity contribution in [3.63, 3.8) is 0 Å². The molecule has 34 heavy (non-hydrogen) atoms. The zero-order valence-electron chi connectivity index (χ0n) is 20.0. The summed E-state index contributed by atoms with van der Waals surface area (Å²) in [5, 5.41) is 13.5. The lowest BCUT2D eigenvalue weighted by molar-refractivity contribution is -0.116. The number of fused-ring (bicyclic) bond motifs is 1. The second-order valence-corrected chi connectivity index (χ2v) is 9.99. The van der Waals surface area contributed by atoms with Crippen LogP contribution in [0.1, 0.15) is 60.3 Å². The molecule has 180 valence electrons. The van der Waals surface area contributed by atoms with Gasteiger partial charge in [0.05, 0.1) is 0 Å².